The van der Waals surface area contributed by atoms with Crippen LogP contribution in [0.1, 0.15) is 54.8 Å². The smallest absolute Gasteiger partial charge is 0.0537 e. The van der Waals surface area contributed by atoms with Crippen molar-refractivity contribution in [3.8, 4) is 0 Å². The van der Waals surface area contributed by atoms with E-state index >= 15 is 0 Å². The molecule has 0 fully saturated rings. The van der Waals surface area contributed by atoms with E-state index in [9.17, 15) is 0 Å². The van der Waals surface area contributed by atoms with Gasteiger partial charge < -0.3 is 5.32 Å². The molecule has 21 heavy (non-hydrogen) atoms. The van der Waals surface area contributed by atoms with Crippen LogP contribution >= 0.6 is 0 Å². The van der Waals surface area contributed by atoms with Crippen molar-refractivity contribution in [1.29, 1.82) is 0 Å². The summed E-state index contributed by atoms with van der Waals surface area (Å²) in [4.78, 5) is 0. The summed E-state index contributed by atoms with van der Waals surface area (Å²) >= 11 is 0. The Morgan fingerprint density at radius 1 is 1.38 bits per heavy atom. The molecule has 0 radical (unpaired) electrons. The lowest BCUT2D eigenvalue weighted by Crippen LogP contribution is -2.26. The van der Waals surface area contributed by atoms with Crippen LogP contribution in [0.3, 0.4) is 0 Å². The van der Waals surface area contributed by atoms with Crippen LogP contribution < -0.4 is 5.32 Å². The maximum Gasteiger partial charge on any atom is 0.0537 e. The molecule has 0 amide bonds. The zero-order valence-electron chi connectivity index (χ0n) is 13.0. The highest BCUT2D eigenvalue weighted by molar-refractivity contribution is 5.35. The molecule has 3 nitrogen and oxygen atoms in total. The lowest BCUT2D eigenvalue weighted by molar-refractivity contribution is 0.424. The van der Waals surface area contributed by atoms with E-state index in [4.69, 9.17) is 0 Å². The van der Waals surface area contributed by atoms with Gasteiger partial charge >= 0.3 is 0 Å². The van der Waals surface area contributed by atoms with E-state index < -0.39 is 0 Å². The number of hydrogen-bond donors (Lipinski definition) is 1. The molecule has 1 heterocycles. The molecule has 0 saturated heterocycles. The van der Waals surface area contributed by atoms with E-state index in [-0.39, 0.29) is 0 Å². The van der Waals surface area contributed by atoms with Crippen LogP contribution in [0.5, 0.6) is 0 Å². The second kappa shape index (κ2) is 6.44. The van der Waals surface area contributed by atoms with Gasteiger partial charge in [-0.25, -0.2) is 0 Å². The van der Waals surface area contributed by atoms with Crippen LogP contribution in [0.2, 0.25) is 0 Å². The highest BCUT2D eigenvalue weighted by atomic mass is 15.3. The quantitative estimate of drug-likeness (QED) is 0.907. The highest BCUT2D eigenvalue weighted by Gasteiger charge is 2.28. The van der Waals surface area contributed by atoms with Crippen LogP contribution in [-0.4, -0.2) is 16.8 Å². The van der Waals surface area contributed by atoms with E-state index in [1.807, 2.05) is 6.20 Å². The van der Waals surface area contributed by atoms with Crippen LogP contribution in [0.25, 0.3) is 0 Å². The maximum atomic E-state index is 4.50. The minimum Gasteiger partial charge on any atom is -0.312 e. The Labute approximate surface area is 127 Å². The molecule has 1 aliphatic carbocycles. The summed E-state index contributed by atoms with van der Waals surface area (Å²) in [6.07, 6.45) is 9.12. The minimum atomic E-state index is 0.358. The molecule has 0 spiro atoms. The Balaban J connectivity index is 1.89. The lowest BCUT2D eigenvalue weighted by Gasteiger charge is -2.31. The molecule has 1 aromatic carbocycles. The third-order valence-corrected chi connectivity index (χ3v) is 4.59. The molecule has 2 atom stereocenters. The third kappa shape index (κ3) is 2.88. The normalized spacial score (nSPS) is 19.2. The minimum absolute atomic E-state index is 0.358. The van der Waals surface area contributed by atoms with Crippen LogP contribution in [0.4, 0.5) is 0 Å². The number of rotatable bonds is 5. The summed E-state index contributed by atoms with van der Waals surface area (Å²) in [5.74, 6) is 0.555. The van der Waals surface area contributed by atoms with E-state index in [1.54, 1.807) is 0 Å². The monoisotopic (exact) mass is 283 g/mol. The number of nitrogens with zero attached hydrogens (tertiary/aromatic N) is 2. The SMILES string of the molecule is CCCn1cc(C(NC)C2CCCc3ccccc32)cn1. The van der Waals surface area contributed by atoms with Crippen molar-refractivity contribution < 1.29 is 0 Å². The Kier molecular flexibility index (Phi) is 4.39. The molecule has 2 aromatic rings. The first-order valence-electron chi connectivity index (χ1n) is 8.11. The molecule has 1 aromatic heterocycles. The number of likely N-dealkylation sites (N-methyl/N-ethyl adjacent to an activating group) is 1. The summed E-state index contributed by atoms with van der Waals surface area (Å²) in [6, 6.07) is 9.28. The largest absolute Gasteiger partial charge is 0.312 e. The first-order chi connectivity index (χ1) is 10.3. The molecule has 0 bridgehead atoms. The second-order valence-electron chi connectivity index (χ2n) is 6.00. The van der Waals surface area contributed by atoms with Crippen molar-refractivity contribution in [2.75, 3.05) is 7.05 Å². The van der Waals surface area contributed by atoms with Crippen LogP contribution in [0, 0.1) is 0 Å². The summed E-state index contributed by atoms with van der Waals surface area (Å²) < 4.78 is 2.06. The average molecular weight is 283 g/mol. The number of aryl methyl sites for hydroxylation is 2. The van der Waals surface area contributed by atoms with Gasteiger partial charge in [-0.2, -0.15) is 5.10 Å². The van der Waals surface area contributed by atoms with Gasteiger partial charge in [0.2, 0.25) is 0 Å². The molecule has 0 aliphatic heterocycles. The molecule has 3 heteroatoms. The fourth-order valence-electron chi connectivity index (χ4n) is 3.63. The average Bonchev–Trinajstić information content (AvgIpc) is 2.97. The lowest BCUT2D eigenvalue weighted by atomic mass is 9.77. The molecular formula is C18H25N3. The van der Waals surface area contributed by atoms with Gasteiger partial charge in [0.15, 0.2) is 0 Å². The predicted octanol–water partition coefficient (Wildman–Crippen LogP) is 3.67. The van der Waals surface area contributed by atoms with E-state index in [2.05, 4.69) is 59.5 Å². The van der Waals surface area contributed by atoms with Gasteiger partial charge in [0.05, 0.1) is 6.20 Å². The first-order valence-corrected chi connectivity index (χ1v) is 8.11. The topological polar surface area (TPSA) is 29.9 Å². The Morgan fingerprint density at radius 2 is 2.24 bits per heavy atom. The summed E-state index contributed by atoms with van der Waals surface area (Å²) in [5, 5.41) is 8.03. The zero-order valence-corrected chi connectivity index (χ0v) is 13.0. The van der Waals surface area contributed by atoms with Gasteiger partial charge in [0, 0.05) is 30.3 Å². The summed E-state index contributed by atoms with van der Waals surface area (Å²) in [5.41, 5.74) is 4.36. The number of hydrogen-bond acceptors (Lipinski definition) is 2. The third-order valence-electron chi connectivity index (χ3n) is 4.59. The van der Waals surface area contributed by atoms with Gasteiger partial charge in [-0.1, -0.05) is 31.2 Å². The van der Waals surface area contributed by atoms with Crippen molar-refractivity contribution in [2.24, 2.45) is 0 Å². The maximum absolute atomic E-state index is 4.50. The molecule has 112 valence electrons. The molecular weight excluding hydrogens is 258 g/mol. The van der Waals surface area contributed by atoms with Crippen molar-refractivity contribution in [1.82, 2.24) is 15.1 Å². The molecule has 1 aliphatic rings. The highest BCUT2D eigenvalue weighted by Crippen LogP contribution is 2.39. The summed E-state index contributed by atoms with van der Waals surface area (Å²) in [6.45, 7) is 3.19. The van der Waals surface area contributed by atoms with Gasteiger partial charge in [-0.15, -0.1) is 0 Å². The zero-order chi connectivity index (χ0) is 14.7. The van der Waals surface area contributed by atoms with Crippen molar-refractivity contribution in [3.05, 3.63) is 53.3 Å². The fraction of sp³-hybridized carbons (Fsp3) is 0.500. The van der Waals surface area contributed by atoms with Crippen LogP contribution in [0.15, 0.2) is 36.7 Å². The van der Waals surface area contributed by atoms with Gasteiger partial charge in [0.1, 0.15) is 0 Å². The number of benzene rings is 1. The van der Waals surface area contributed by atoms with Crippen molar-refractivity contribution >= 4 is 0 Å². The molecule has 2 unspecified atom stereocenters. The standard InChI is InChI=1S/C18H25N3/c1-3-11-21-13-15(12-20-21)18(19-2)17-10-6-8-14-7-4-5-9-16(14)17/h4-5,7,9,12-13,17-19H,3,6,8,10-11H2,1-2H3. The molecule has 0 saturated carbocycles. The summed E-state index contributed by atoms with van der Waals surface area (Å²) in [7, 11) is 2.07. The number of aromatic nitrogens is 2. The molecule has 1 N–H and O–H groups in total. The first kappa shape index (κ1) is 14.3. The fourth-order valence-corrected chi connectivity index (χ4v) is 3.63. The number of fused-ring (bicyclic) bond motifs is 1. The Bertz CT molecular complexity index is 588. The van der Waals surface area contributed by atoms with Gasteiger partial charge in [-0.3, -0.25) is 4.68 Å². The number of nitrogens with one attached hydrogen (secondary N) is 1. The van der Waals surface area contributed by atoms with Crippen molar-refractivity contribution in [2.45, 2.75) is 51.1 Å². The molecule has 3 rings (SSSR count). The van der Waals surface area contributed by atoms with Crippen LogP contribution in [-0.2, 0) is 13.0 Å². The van der Waals surface area contributed by atoms with E-state index in [0.29, 0.717) is 12.0 Å². The van der Waals surface area contributed by atoms with E-state index in [1.165, 1.54) is 36.0 Å². The van der Waals surface area contributed by atoms with Gasteiger partial charge in [-0.05, 0) is 43.9 Å². The van der Waals surface area contributed by atoms with Gasteiger partial charge in [0.25, 0.3) is 0 Å². The Morgan fingerprint density at radius 3 is 3.05 bits per heavy atom. The second-order valence-corrected chi connectivity index (χ2v) is 6.00. The van der Waals surface area contributed by atoms with Crippen molar-refractivity contribution in [3.63, 3.8) is 0 Å². The Hall–Kier alpha value is -1.61. The van der Waals surface area contributed by atoms with E-state index in [0.717, 1.165) is 13.0 Å². The predicted molar refractivity (Wildman–Crippen MR) is 86.4 cm³/mol.